The molecule has 1 rings (SSSR count). The second-order valence-corrected chi connectivity index (χ2v) is 5.98. The van der Waals surface area contributed by atoms with E-state index in [4.69, 9.17) is 18.9 Å². The lowest BCUT2D eigenvalue weighted by atomic mass is 10.2. The Morgan fingerprint density at radius 2 is 1.92 bits per heavy atom. The number of nitro groups is 1. The van der Waals surface area contributed by atoms with Gasteiger partial charge in [-0.3, -0.25) is 10.1 Å². The van der Waals surface area contributed by atoms with E-state index >= 15 is 0 Å². The van der Waals surface area contributed by atoms with Crippen molar-refractivity contribution in [1.82, 2.24) is 5.32 Å². The summed E-state index contributed by atoms with van der Waals surface area (Å²) in [7, 11) is 1.45. The summed E-state index contributed by atoms with van der Waals surface area (Å²) in [6.07, 6.45) is -0.506. The zero-order chi connectivity index (χ0) is 18.9. The molecule has 140 valence electrons. The minimum Gasteiger partial charge on any atom is -0.493 e. The predicted octanol–water partition coefficient (Wildman–Crippen LogP) is 2.52. The van der Waals surface area contributed by atoms with Crippen LogP contribution in [0.1, 0.15) is 20.8 Å². The predicted molar refractivity (Wildman–Crippen MR) is 90.2 cm³/mol. The van der Waals surface area contributed by atoms with Crippen LogP contribution in [-0.2, 0) is 9.47 Å². The number of non-ortho nitro benzene ring substituents is 1. The maximum atomic E-state index is 11.4. The number of nitrogens with zero attached hydrogens (tertiary/aromatic N) is 1. The van der Waals surface area contributed by atoms with Gasteiger partial charge in [0.1, 0.15) is 12.2 Å². The van der Waals surface area contributed by atoms with E-state index in [9.17, 15) is 14.9 Å². The van der Waals surface area contributed by atoms with Gasteiger partial charge in [0.15, 0.2) is 11.5 Å². The molecule has 0 spiro atoms. The van der Waals surface area contributed by atoms with Crippen LogP contribution in [0.2, 0.25) is 0 Å². The monoisotopic (exact) mass is 356 g/mol. The van der Waals surface area contributed by atoms with E-state index in [1.54, 1.807) is 20.8 Å². The van der Waals surface area contributed by atoms with Gasteiger partial charge < -0.3 is 24.3 Å². The minimum absolute atomic E-state index is 0.0849. The summed E-state index contributed by atoms with van der Waals surface area (Å²) in [6.45, 7) is 6.36. The number of nitro benzene ring substituents is 1. The van der Waals surface area contributed by atoms with E-state index in [1.165, 1.54) is 25.3 Å². The van der Waals surface area contributed by atoms with Crippen molar-refractivity contribution in [2.24, 2.45) is 0 Å². The maximum Gasteiger partial charge on any atom is 0.407 e. The van der Waals surface area contributed by atoms with Crippen LogP contribution in [0.3, 0.4) is 0 Å². The van der Waals surface area contributed by atoms with Gasteiger partial charge in [0.25, 0.3) is 5.69 Å². The Bertz CT molecular complexity index is 584. The smallest absolute Gasteiger partial charge is 0.407 e. The van der Waals surface area contributed by atoms with Crippen LogP contribution < -0.4 is 14.8 Å². The first kappa shape index (κ1) is 20.5. The molecule has 0 saturated carbocycles. The molecule has 9 heteroatoms. The molecule has 0 unspecified atom stereocenters. The molecule has 1 amide bonds. The molecule has 0 fully saturated rings. The number of amides is 1. The van der Waals surface area contributed by atoms with E-state index in [0.29, 0.717) is 12.3 Å². The lowest BCUT2D eigenvalue weighted by Gasteiger charge is -2.19. The highest BCUT2D eigenvalue weighted by atomic mass is 16.6. The van der Waals surface area contributed by atoms with Crippen LogP contribution in [0, 0.1) is 10.1 Å². The molecule has 0 aliphatic heterocycles. The Morgan fingerprint density at radius 1 is 1.20 bits per heavy atom. The summed E-state index contributed by atoms with van der Waals surface area (Å²) in [4.78, 5) is 21.7. The lowest BCUT2D eigenvalue weighted by Crippen LogP contribution is -2.34. The quantitative estimate of drug-likeness (QED) is 0.411. The van der Waals surface area contributed by atoms with Gasteiger partial charge in [-0.1, -0.05) is 0 Å². The normalized spacial score (nSPS) is 10.9. The summed E-state index contributed by atoms with van der Waals surface area (Å²) in [6, 6.07) is 4.10. The van der Waals surface area contributed by atoms with Crippen LogP contribution in [0.4, 0.5) is 10.5 Å². The van der Waals surface area contributed by atoms with Crippen LogP contribution in [0.15, 0.2) is 18.2 Å². The highest BCUT2D eigenvalue weighted by Crippen LogP contribution is 2.30. The number of benzene rings is 1. The van der Waals surface area contributed by atoms with Gasteiger partial charge in [0.2, 0.25) is 0 Å². The van der Waals surface area contributed by atoms with Crippen LogP contribution in [-0.4, -0.2) is 50.1 Å². The Labute approximate surface area is 146 Å². The van der Waals surface area contributed by atoms with Crippen molar-refractivity contribution < 1.29 is 28.7 Å². The van der Waals surface area contributed by atoms with Gasteiger partial charge in [0, 0.05) is 12.6 Å². The third-order valence-electron chi connectivity index (χ3n) is 2.76. The lowest BCUT2D eigenvalue weighted by molar-refractivity contribution is -0.385. The second kappa shape index (κ2) is 9.67. The van der Waals surface area contributed by atoms with Crippen LogP contribution >= 0.6 is 0 Å². The molecule has 1 aromatic carbocycles. The van der Waals surface area contributed by atoms with Gasteiger partial charge in [-0.25, -0.2) is 4.79 Å². The van der Waals surface area contributed by atoms with Gasteiger partial charge in [0.05, 0.1) is 31.3 Å². The summed E-state index contributed by atoms with van der Waals surface area (Å²) in [5.74, 6) is 0.671. The van der Waals surface area contributed by atoms with E-state index in [1.807, 2.05) is 0 Å². The average Bonchev–Trinajstić information content (AvgIpc) is 2.51. The van der Waals surface area contributed by atoms with Crippen molar-refractivity contribution in [3.63, 3.8) is 0 Å². The number of rotatable bonds is 9. The Hall–Kier alpha value is -2.55. The van der Waals surface area contributed by atoms with Crippen LogP contribution in [0.5, 0.6) is 11.5 Å². The van der Waals surface area contributed by atoms with E-state index in [-0.39, 0.29) is 31.3 Å². The summed E-state index contributed by atoms with van der Waals surface area (Å²) in [5, 5.41) is 13.3. The summed E-state index contributed by atoms with van der Waals surface area (Å²) >= 11 is 0. The second-order valence-electron chi connectivity index (χ2n) is 5.98. The van der Waals surface area contributed by atoms with E-state index in [2.05, 4.69) is 5.32 Å². The molecule has 1 aromatic rings. The Balaban J connectivity index is 2.27. The molecule has 0 aliphatic rings. The number of alkyl carbamates (subject to hydrolysis) is 1. The van der Waals surface area contributed by atoms with Crippen molar-refractivity contribution in [2.45, 2.75) is 26.4 Å². The maximum absolute atomic E-state index is 11.4. The topological polar surface area (TPSA) is 109 Å². The minimum atomic E-state index is -0.546. The SMILES string of the molecule is COc1ccc([N+](=O)[O-])cc1OCCOCCNC(=O)OC(C)(C)C. The fourth-order valence-corrected chi connectivity index (χ4v) is 1.74. The number of methoxy groups -OCH3 is 1. The fraction of sp³-hybridized carbons (Fsp3) is 0.562. The molecule has 0 saturated heterocycles. The van der Waals surface area contributed by atoms with E-state index in [0.717, 1.165) is 0 Å². The number of carbonyl (C=O) groups excluding carboxylic acids is 1. The van der Waals surface area contributed by atoms with Gasteiger partial charge in [-0.2, -0.15) is 0 Å². The molecule has 0 aromatic heterocycles. The molecule has 25 heavy (non-hydrogen) atoms. The largest absolute Gasteiger partial charge is 0.493 e. The number of nitrogens with one attached hydrogen (secondary N) is 1. The zero-order valence-corrected chi connectivity index (χ0v) is 14.9. The Kier molecular flexibility index (Phi) is 7.93. The van der Waals surface area contributed by atoms with Crippen molar-refractivity contribution in [2.75, 3.05) is 33.5 Å². The number of hydrogen-bond acceptors (Lipinski definition) is 7. The third-order valence-corrected chi connectivity index (χ3v) is 2.76. The molecular weight excluding hydrogens is 332 g/mol. The highest BCUT2D eigenvalue weighted by Gasteiger charge is 2.15. The molecule has 0 aliphatic carbocycles. The van der Waals surface area contributed by atoms with Gasteiger partial charge in [-0.05, 0) is 26.8 Å². The van der Waals surface area contributed by atoms with E-state index < -0.39 is 16.6 Å². The zero-order valence-electron chi connectivity index (χ0n) is 14.9. The summed E-state index contributed by atoms with van der Waals surface area (Å²) in [5.41, 5.74) is -0.630. The van der Waals surface area contributed by atoms with Gasteiger partial charge >= 0.3 is 6.09 Å². The number of carbonyl (C=O) groups is 1. The van der Waals surface area contributed by atoms with Crippen molar-refractivity contribution in [1.29, 1.82) is 0 Å². The molecule has 0 radical (unpaired) electrons. The third kappa shape index (κ3) is 8.20. The molecule has 0 bridgehead atoms. The highest BCUT2D eigenvalue weighted by molar-refractivity contribution is 5.67. The number of hydrogen-bond donors (Lipinski definition) is 1. The molecular formula is C16H24N2O7. The molecule has 1 N–H and O–H groups in total. The van der Waals surface area contributed by atoms with Crippen LogP contribution in [0.25, 0.3) is 0 Å². The van der Waals surface area contributed by atoms with Crippen molar-refractivity contribution >= 4 is 11.8 Å². The van der Waals surface area contributed by atoms with Crippen molar-refractivity contribution in [3.05, 3.63) is 28.3 Å². The fourth-order valence-electron chi connectivity index (χ4n) is 1.74. The molecule has 9 nitrogen and oxygen atoms in total. The molecule has 0 heterocycles. The van der Waals surface area contributed by atoms with Crippen molar-refractivity contribution in [3.8, 4) is 11.5 Å². The molecule has 0 atom stereocenters. The first-order valence-corrected chi connectivity index (χ1v) is 7.73. The summed E-state index contributed by atoms with van der Waals surface area (Å²) < 4.78 is 20.9. The Morgan fingerprint density at radius 3 is 2.52 bits per heavy atom. The first-order valence-electron chi connectivity index (χ1n) is 7.73. The number of ether oxygens (including phenoxy) is 4. The average molecular weight is 356 g/mol. The first-order chi connectivity index (χ1) is 11.7. The standard InChI is InChI=1S/C16H24N2O7/c1-16(2,3)25-15(19)17-7-8-23-9-10-24-14-11-12(18(20)21)5-6-13(14)22-4/h5-6,11H,7-10H2,1-4H3,(H,17,19). The van der Waals surface area contributed by atoms with Gasteiger partial charge in [-0.15, -0.1) is 0 Å².